The van der Waals surface area contributed by atoms with Crippen LogP contribution in [0.3, 0.4) is 0 Å². The number of hydrogen-bond acceptors (Lipinski definition) is 0. The number of nitrogens with zero attached hydrogens (tertiary/aromatic N) is 1. The second-order valence-corrected chi connectivity index (χ2v) is 4.75. The third-order valence-corrected chi connectivity index (χ3v) is 3.16. The van der Waals surface area contributed by atoms with Gasteiger partial charge in [0.15, 0.2) is 0 Å². The Hall–Kier alpha value is -1.44. The van der Waals surface area contributed by atoms with Crippen LogP contribution < -0.4 is 0 Å². The summed E-state index contributed by atoms with van der Waals surface area (Å²) < 4.78 is 2.08. The van der Waals surface area contributed by atoms with Crippen LogP contribution in [0, 0.1) is 0 Å². The summed E-state index contributed by atoms with van der Waals surface area (Å²) in [6.07, 6.45) is 2.02. The lowest BCUT2D eigenvalue weighted by atomic mass is 10.2. The van der Waals surface area contributed by atoms with E-state index in [-0.39, 0.29) is 0 Å². The lowest BCUT2D eigenvalue weighted by molar-refractivity contribution is 1.13. The molecule has 3 heteroatoms. The van der Waals surface area contributed by atoms with Crippen molar-refractivity contribution in [2.45, 2.75) is 0 Å². The number of hydrogen-bond donors (Lipinski definition) is 0. The summed E-state index contributed by atoms with van der Waals surface area (Å²) in [5, 5.41) is 2.49. The Balaban J connectivity index is 2.27. The van der Waals surface area contributed by atoms with Crippen LogP contribution in [0.5, 0.6) is 0 Å². The van der Waals surface area contributed by atoms with Gasteiger partial charge in [-0.25, -0.2) is 0 Å². The summed E-state index contributed by atoms with van der Waals surface area (Å²) in [4.78, 5) is 0. The van der Waals surface area contributed by atoms with E-state index in [9.17, 15) is 0 Å². The standard InChI is InChI=1S/C14H9Cl2N/c15-11-7-12(16)9-13(8-11)17-6-5-10-3-1-2-4-14(10)17/h1-9H. The molecule has 0 saturated carbocycles. The lowest BCUT2D eigenvalue weighted by Gasteiger charge is -2.06. The van der Waals surface area contributed by atoms with Gasteiger partial charge in [-0.1, -0.05) is 41.4 Å². The molecule has 0 fully saturated rings. The summed E-state index contributed by atoms with van der Waals surface area (Å²) in [5.41, 5.74) is 2.12. The molecule has 0 aliphatic rings. The van der Waals surface area contributed by atoms with Crippen LogP contribution in [0.25, 0.3) is 16.6 Å². The molecule has 2 aromatic carbocycles. The zero-order valence-corrected chi connectivity index (χ0v) is 10.4. The van der Waals surface area contributed by atoms with E-state index in [0.29, 0.717) is 10.0 Å². The summed E-state index contributed by atoms with van der Waals surface area (Å²) in [6.45, 7) is 0. The van der Waals surface area contributed by atoms with Crippen molar-refractivity contribution in [1.82, 2.24) is 4.57 Å². The molecule has 0 unspecified atom stereocenters. The van der Waals surface area contributed by atoms with Gasteiger partial charge in [-0.15, -0.1) is 0 Å². The maximum absolute atomic E-state index is 6.02. The zero-order chi connectivity index (χ0) is 11.8. The SMILES string of the molecule is Clc1cc(Cl)cc(-n2ccc3ccccc32)c1. The fourth-order valence-electron chi connectivity index (χ4n) is 1.99. The first-order valence-electron chi connectivity index (χ1n) is 5.26. The fourth-order valence-corrected chi connectivity index (χ4v) is 2.50. The summed E-state index contributed by atoms with van der Waals surface area (Å²) in [6, 6.07) is 15.8. The van der Waals surface area contributed by atoms with Gasteiger partial charge in [-0.3, -0.25) is 0 Å². The van der Waals surface area contributed by atoms with E-state index in [0.717, 1.165) is 11.2 Å². The molecule has 0 amide bonds. The van der Waals surface area contributed by atoms with Gasteiger partial charge in [-0.2, -0.15) is 0 Å². The predicted molar refractivity (Wildman–Crippen MR) is 73.3 cm³/mol. The number of halogens is 2. The monoisotopic (exact) mass is 261 g/mol. The van der Waals surface area contributed by atoms with Gasteiger partial charge in [0.2, 0.25) is 0 Å². The first-order valence-corrected chi connectivity index (χ1v) is 6.02. The Kier molecular flexibility index (Phi) is 2.58. The van der Waals surface area contributed by atoms with Crippen molar-refractivity contribution in [3.8, 4) is 5.69 Å². The molecule has 84 valence electrons. The highest BCUT2D eigenvalue weighted by Gasteiger charge is 2.04. The van der Waals surface area contributed by atoms with Crippen molar-refractivity contribution in [2.75, 3.05) is 0 Å². The van der Waals surface area contributed by atoms with Crippen LogP contribution in [-0.2, 0) is 0 Å². The first-order chi connectivity index (χ1) is 8.24. The van der Waals surface area contributed by atoms with E-state index in [4.69, 9.17) is 23.2 Å². The van der Waals surface area contributed by atoms with E-state index in [2.05, 4.69) is 22.8 Å². The van der Waals surface area contributed by atoms with E-state index >= 15 is 0 Å². The zero-order valence-electron chi connectivity index (χ0n) is 8.90. The molecule has 0 atom stereocenters. The molecular weight excluding hydrogens is 253 g/mol. The number of benzene rings is 2. The third-order valence-electron chi connectivity index (χ3n) is 2.72. The first kappa shape index (κ1) is 10.7. The summed E-state index contributed by atoms with van der Waals surface area (Å²) >= 11 is 12.0. The Morgan fingerprint density at radius 3 is 2.29 bits per heavy atom. The van der Waals surface area contributed by atoms with Crippen LogP contribution in [0.15, 0.2) is 54.7 Å². The van der Waals surface area contributed by atoms with E-state index in [1.165, 1.54) is 5.39 Å². The lowest BCUT2D eigenvalue weighted by Crippen LogP contribution is -1.91. The molecule has 3 aromatic rings. The number of para-hydroxylation sites is 1. The molecule has 1 aromatic heterocycles. The minimum Gasteiger partial charge on any atom is -0.316 e. The van der Waals surface area contributed by atoms with Crippen LogP contribution in [0.1, 0.15) is 0 Å². The van der Waals surface area contributed by atoms with Gasteiger partial charge in [0.05, 0.1) is 5.52 Å². The van der Waals surface area contributed by atoms with E-state index in [1.54, 1.807) is 6.07 Å². The minimum absolute atomic E-state index is 0.644. The van der Waals surface area contributed by atoms with Gasteiger partial charge in [0.1, 0.15) is 0 Å². The molecule has 0 spiro atoms. The molecule has 0 radical (unpaired) electrons. The average molecular weight is 262 g/mol. The van der Waals surface area contributed by atoms with Gasteiger partial charge in [-0.05, 0) is 35.7 Å². The van der Waals surface area contributed by atoms with Crippen LogP contribution in [-0.4, -0.2) is 4.57 Å². The second kappa shape index (κ2) is 4.10. The Morgan fingerprint density at radius 1 is 0.824 bits per heavy atom. The van der Waals surface area contributed by atoms with Gasteiger partial charge in [0, 0.05) is 21.9 Å². The molecule has 1 heterocycles. The van der Waals surface area contributed by atoms with E-state index in [1.807, 2.05) is 30.5 Å². The number of fused-ring (bicyclic) bond motifs is 1. The molecule has 17 heavy (non-hydrogen) atoms. The Labute approximate surface area is 109 Å². The van der Waals surface area contributed by atoms with Crippen LogP contribution >= 0.6 is 23.2 Å². The van der Waals surface area contributed by atoms with Crippen LogP contribution in [0.4, 0.5) is 0 Å². The maximum atomic E-state index is 6.02. The minimum atomic E-state index is 0.644. The molecule has 0 aliphatic heterocycles. The third kappa shape index (κ3) is 1.92. The Morgan fingerprint density at radius 2 is 1.53 bits per heavy atom. The van der Waals surface area contributed by atoms with Crippen LogP contribution in [0.2, 0.25) is 10.0 Å². The van der Waals surface area contributed by atoms with Gasteiger partial charge in [0.25, 0.3) is 0 Å². The fraction of sp³-hybridized carbons (Fsp3) is 0. The molecule has 0 bridgehead atoms. The molecular formula is C14H9Cl2N. The smallest absolute Gasteiger partial charge is 0.0528 e. The average Bonchev–Trinajstić information content (AvgIpc) is 2.71. The van der Waals surface area contributed by atoms with Gasteiger partial charge >= 0.3 is 0 Å². The van der Waals surface area contributed by atoms with E-state index < -0.39 is 0 Å². The highest BCUT2D eigenvalue weighted by Crippen LogP contribution is 2.25. The largest absolute Gasteiger partial charge is 0.316 e. The second-order valence-electron chi connectivity index (χ2n) is 3.87. The maximum Gasteiger partial charge on any atom is 0.0528 e. The molecule has 0 saturated heterocycles. The van der Waals surface area contributed by atoms with Crippen molar-refractivity contribution in [3.05, 3.63) is 64.8 Å². The molecule has 3 rings (SSSR count). The van der Waals surface area contributed by atoms with Gasteiger partial charge < -0.3 is 4.57 Å². The topological polar surface area (TPSA) is 4.93 Å². The predicted octanol–water partition coefficient (Wildman–Crippen LogP) is 4.94. The highest BCUT2D eigenvalue weighted by atomic mass is 35.5. The molecule has 1 nitrogen and oxygen atoms in total. The normalized spacial score (nSPS) is 10.9. The van der Waals surface area contributed by atoms with Crippen molar-refractivity contribution >= 4 is 34.1 Å². The van der Waals surface area contributed by atoms with Crippen molar-refractivity contribution in [1.29, 1.82) is 0 Å². The highest BCUT2D eigenvalue weighted by molar-refractivity contribution is 6.34. The number of aromatic nitrogens is 1. The Bertz CT molecular complexity index is 665. The summed E-state index contributed by atoms with van der Waals surface area (Å²) in [5.74, 6) is 0. The summed E-state index contributed by atoms with van der Waals surface area (Å²) in [7, 11) is 0. The van der Waals surface area contributed by atoms with Crippen molar-refractivity contribution in [2.24, 2.45) is 0 Å². The molecule has 0 N–H and O–H groups in total. The number of rotatable bonds is 1. The van der Waals surface area contributed by atoms with Crippen molar-refractivity contribution in [3.63, 3.8) is 0 Å². The quantitative estimate of drug-likeness (QED) is 0.585. The molecule has 0 aliphatic carbocycles. The van der Waals surface area contributed by atoms with Crippen molar-refractivity contribution < 1.29 is 0 Å².